The summed E-state index contributed by atoms with van der Waals surface area (Å²) in [5.74, 6) is -0.405. The Balaban J connectivity index is 3.18. The summed E-state index contributed by atoms with van der Waals surface area (Å²) >= 11 is 6.71. The third-order valence-corrected chi connectivity index (χ3v) is 2.67. The normalized spacial score (nSPS) is 12.0. The van der Waals surface area contributed by atoms with E-state index in [9.17, 15) is 22.0 Å². The molecule has 0 N–H and O–H groups in total. The van der Waals surface area contributed by atoms with Gasteiger partial charge < -0.3 is 4.74 Å². The van der Waals surface area contributed by atoms with Crippen LogP contribution in [0.25, 0.3) is 0 Å². The van der Waals surface area contributed by atoms with E-state index >= 15 is 0 Å². The number of halogens is 7. The van der Waals surface area contributed by atoms with Gasteiger partial charge in [0.15, 0.2) is 0 Å². The van der Waals surface area contributed by atoms with E-state index in [4.69, 9.17) is 11.6 Å². The first-order chi connectivity index (χ1) is 7.21. The smallest absolute Gasteiger partial charge is 0.418 e. The van der Waals surface area contributed by atoms with E-state index in [1.54, 1.807) is 0 Å². The fourth-order valence-electron chi connectivity index (χ4n) is 0.992. The Kier molecular flexibility index (Phi) is 4.22. The van der Waals surface area contributed by atoms with Gasteiger partial charge in [0.1, 0.15) is 5.75 Å². The largest absolute Gasteiger partial charge is 0.435 e. The van der Waals surface area contributed by atoms with E-state index in [2.05, 4.69) is 4.74 Å². The van der Waals surface area contributed by atoms with Crippen molar-refractivity contribution in [2.24, 2.45) is 0 Å². The topological polar surface area (TPSA) is 9.23 Å². The average molecular weight is 372 g/mol. The summed E-state index contributed by atoms with van der Waals surface area (Å²) in [7, 11) is 0. The maximum Gasteiger partial charge on any atom is 0.418 e. The highest BCUT2D eigenvalue weighted by molar-refractivity contribution is 14.1. The van der Waals surface area contributed by atoms with Gasteiger partial charge in [-0.25, -0.2) is 0 Å². The van der Waals surface area contributed by atoms with E-state index in [1.165, 1.54) is 22.6 Å². The summed E-state index contributed by atoms with van der Waals surface area (Å²) in [4.78, 5) is 0. The van der Waals surface area contributed by atoms with Crippen molar-refractivity contribution < 1.29 is 26.7 Å². The van der Waals surface area contributed by atoms with Gasteiger partial charge in [-0.3, -0.25) is 0 Å². The minimum atomic E-state index is -4.63. The number of hydrogen-bond acceptors (Lipinski definition) is 1. The molecule has 1 aromatic rings. The Morgan fingerprint density at radius 3 is 2.19 bits per heavy atom. The Bertz CT molecular complexity index is 370. The second kappa shape index (κ2) is 4.91. The van der Waals surface area contributed by atoms with E-state index in [-0.39, 0.29) is 3.57 Å². The molecule has 8 heteroatoms. The van der Waals surface area contributed by atoms with Crippen molar-refractivity contribution in [3.05, 3.63) is 26.3 Å². The minimum Gasteiger partial charge on any atom is -0.435 e. The number of rotatable bonds is 2. The van der Waals surface area contributed by atoms with Crippen LogP contribution in [0.15, 0.2) is 12.1 Å². The van der Waals surface area contributed by atoms with Gasteiger partial charge in [-0.05, 0) is 34.7 Å². The van der Waals surface area contributed by atoms with Gasteiger partial charge in [0.25, 0.3) is 0 Å². The van der Waals surface area contributed by atoms with Crippen LogP contribution in [0.2, 0.25) is 5.02 Å². The zero-order valence-corrected chi connectivity index (χ0v) is 10.2. The second-order valence-electron chi connectivity index (χ2n) is 2.64. The highest BCUT2D eigenvalue weighted by Gasteiger charge is 2.36. The Labute approximate surface area is 106 Å². The van der Waals surface area contributed by atoms with Crippen LogP contribution in [0.1, 0.15) is 5.56 Å². The van der Waals surface area contributed by atoms with Crippen LogP contribution in [0.4, 0.5) is 22.0 Å². The van der Waals surface area contributed by atoms with Crippen LogP contribution in [-0.4, -0.2) is 6.61 Å². The molecular formula is C8H3ClF5IO. The van der Waals surface area contributed by atoms with Crippen molar-refractivity contribution >= 4 is 34.2 Å². The molecule has 0 fully saturated rings. The molecule has 0 spiro atoms. The van der Waals surface area contributed by atoms with E-state index in [0.717, 1.165) is 6.07 Å². The maximum absolute atomic E-state index is 12.4. The summed E-state index contributed by atoms with van der Waals surface area (Å²) in [6, 6.07) is 1.56. The van der Waals surface area contributed by atoms with Gasteiger partial charge >= 0.3 is 12.8 Å². The molecule has 0 aliphatic rings. The molecule has 0 heterocycles. The Hall–Kier alpha value is -0.310. The first-order valence-electron chi connectivity index (χ1n) is 3.73. The Morgan fingerprint density at radius 2 is 1.81 bits per heavy atom. The lowest BCUT2D eigenvalue weighted by molar-refractivity contribution is -0.138. The molecule has 0 bridgehead atoms. The third-order valence-electron chi connectivity index (χ3n) is 1.52. The number of benzene rings is 1. The zero-order valence-electron chi connectivity index (χ0n) is 7.29. The zero-order chi connectivity index (χ0) is 12.5. The maximum atomic E-state index is 12.4. The van der Waals surface area contributed by atoms with Crippen LogP contribution >= 0.6 is 34.2 Å². The molecule has 0 amide bonds. The summed E-state index contributed by atoms with van der Waals surface area (Å²) in [5.41, 5.74) is -1.06. The van der Waals surface area contributed by atoms with Crippen molar-refractivity contribution in [3.8, 4) is 5.75 Å². The predicted octanol–water partition coefficient (Wildman–Crippen LogP) is 4.56. The Morgan fingerprint density at radius 1 is 1.25 bits per heavy atom. The van der Waals surface area contributed by atoms with Crippen molar-refractivity contribution in [2.45, 2.75) is 12.8 Å². The standard InChI is InChI=1S/C8H3ClF5IO/c9-4-1-3(16-7(10)11)2-5(15)6(4)8(12,13)14/h1-2,7H. The van der Waals surface area contributed by atoms with Gasteiger partial charge in [0, 0.05) is 3.57 Å². The molecular weight excluding hydrogens is 369 g/mol. The average Bonchev–Trinajstić information content (AvgIpc) is 1.96. The molecule has 1 aromatic carbocycles. The van der Waals surface area contributed by atoms with Crippen molar-refractivity contribution in [1.29, 1.82) is 0 Å². The third kappa shape index (κ3) is 3.34. The first-order valence-corrected chi connectivity index (χ1v) is 5.18. The van der Waals surface area contributed by atoms with Gasteiger partial charge in [0.05, 0.1) is 10.6 Å². The molecule has 0 unspecified atom stereocenters. The quantitative estimate of drug-likeness (QED) is 0.546. The second-order valence-corrected chi connectivity index (χ2v) is 4.21. The highest BCUT2D eigenvalue weighted by Crippen LogP contribution is 2.40. The van der Waals surface area contributed by atoms with Gasteiger partial charge in [-0.15, -0.1) is 0 Å². The molecule has 1 nitrogen and oxygen atoms in total. The molecule has 0 aromatic heterocycles. The lowest BCUT2D eigenvalue weighted by Gasteiger charge is -2.13. The number of hydrogen-bond donors (Lipinski definition) is 0. The first kappa shape index (κ1) is 13.8. The van der Waals surface area contributed by atoms with Crippen LogP contribution in [-0.2, 0) is 6.18 Å². The molecule has 16 heavy (non-hydrogen) atoms. The van der Waals surface area contributed by atoms with Crippen LogP contribution < -0.4 is 4.74 Å². The van der Waals surface area contributed by atoms with Crippen LogP contribution in [0, 0.1) is 3.57 Å². The molecule has 0 saturated heterocycles. The van der Waals surface area contributed by atoms with Crippen LogP contribution in [0.5, 0.6) is 5.75 Å². The molecule has 0 atom stereocenters. The van der Waals surface area contributed by atoms with Crippen LogP contribution in [0.3, 0.4) is 0 Å². The fraction of sp³-hybridized carbons (Fsp3) is 0.250. The fourth-order valence-corrected chi connectivity index (χ4v) is 2.37. The SMILES string of the molecule is FC(F)Oc1cc(Cl)c(C(F)(F)F)c(I)c1. The molecule has 1 rings (SSSR count). The molecule has 0 aliphatic carbocycles. The van der Waals surface area contributed by atoms with Gasteiger partial charge in [-0.1, -0.05) is 11.6 Å². The number of ether oxygens (including phenoxy) is 1. The summed E-state index contributed by atoms with van der Waals surface area (Å²) in [6.45, 7) is -3.11. The lowest BCUT2D eigenvalue weighted by atomic mass is 10.2. The van der Waals surface area contributed by atoms with Crippen molar-refractivity contribution in [3.63, 3.8) is 0 Å². The predicted molar refractivity (Wildman–Crippen MR) is 55.8 cm³/mol. The minimum absolute atomic E-state index is 0.298. The molecule has 90 valence electrons. The number of alkyl halides is 5. The molecule has 0 aliphatic heterocycles. The van der Waals surface area contributed by atoms with Crippen molar-refractivity contribution in [2.75, 3.05) is 0 Å². The van der Waals surface area contributed by atoms with E-state index in [0.29, 0.717) is 6.07 Å². The van der Waals surface area contributed by atoms with Gasteiger partial charge in [-0.2, -0.15) is 22.0 Å². The molecule has 0 saturated carbocycles. The molecule has 0 radical (unpaired) electrons. The van der Waals surface area contributed by atoms with Gasteiger partial charge in [0.2, 0.25) is 0 Å². The lowest BCUT2D eigenvalue weighted by Crippen LogP contribution is -2.10. The summed E-state index contributed by atoms with van der Waals surface area (Å²) in [5, 5.41) is -0.671. The summed E-state index contributed by atoms with van der Waals surface area (Å²) in [6.07, 6.45) is -4.63. The van der Waals surface area contributed by atoms with E-state index < -0.39 is 29.1 Å². The van der Waals surface area contributed by atoms with Crippen molar-refractivity contribution in [1.82, 2.24) is 0 Å². The summed E-state index contributed by atoms with van der Waals surface area (Å²) < 4.78 is 64.6. The van der Waals surface area contributed by atoms with E-state index in [1.807, 2.05) is 0 Å². The monoisotopic (exact) mass is 372 g/mol. The highest BCUT2D eigenvalue weighted by atomic mass is 127.